The van der Waals surface area contributed by atoms with Crippen molar-refractivity contribution < 1.29 is 4.42 Å². The molecule has 0 N–H and O–H groups in total. The molecule has 1 aromatic heterocycles. The maximum Gasteiger partial charge on any atom is 0.182 e. The minimum absolute atomic E-state index is 0.526. The van der Waals surface area contributed by atoms with Gasteiger partial charge in [0, 0.05) is 22.5 Å². The van der Waals surface area contributed by atoms with Crippen molar-refractivity contribution in [1.82, 2.24) is 0 Å². The average molecular weight is 828 g/mol. The Morgan fingerprint density at radius 2 is 0.844 bits per heavy atom. The van der Waals surface area contributed by atoms with E-state index in [2.05, 4.69) is 229 Å². The molecule has 4 heterocycles. The van der Waals surface area contributed by atoms with Gasteiger partial charge < -0.3 is 9.32 Å². The third kappa shape index (κ3) is 4.12. The topological polar surface area (TPSA) is 16.4 Å². The van der Waals surface area contributed by atoms with Gasteiger partial charge in [0.1, 0.15) is 11.2 Å². The van der Waals surface area contributed by atoms with Crippen LogP contribution in [0.4, 0.5) is 17.1 Å². The molecule has 2 spiro atoms. The molecule has 0 saturated carbocycles. The molecule has 0 fully saturated rings. The van der Waals surface area contributed by atoms with Crippen molar-refractivity contribution in [3.05, 3.63) is 247 Å². The lowest BCUT2D eigenvalue weighted by Gasteiger charge is -2.45. The molecule has 0 saturated heterocycles. The van der Waals surface area contributed by atoms with Crippen LogP contribution >= 0.6 is 0 Å². The van der Waals surface area contributed by atoms with E-state index in [0.717, 1.165) is 33.3 Å². The highest BCUT2D eigenvalue weighted by atomic mass is 28.3. The number of furan rings is 1. The first-order chi connectivity index (χ1) is 31.7. The van der Waals surface area contributed by atoms with Crippen LogP contribution in [-0.4, -0.2) is 8.07 Å². The SMILES string of the molecule is c1ccc2c(c1)-c1ccccc1C21c2ccccc2N(c2ccc(-c3ccc4c(c3)[Si]3(c5ccccc5-c5ccccc53)c3ccccc3-4)cc2)c2cc3oc4ccccc4c3cc21. The second kappa shape index (κ2) is 12.3. The number of benzene rings is 10. The van der Waals surface area contributed by atoms with Crippen LogP contribution in [0.25, 0.3) is 66.4 Å². The minimum Gasteiger partial charge on any atom is -0.456 e. The predicted octanol–water partition coefficient (Wildman–Crippen LogP) is 12.7. The van der Waals surface area contributed by atoms with Gasteiger partial charge in [0.2, 0.25) is 0 Å². The van der Waals surface area contributed by atoms with Crippen LogP contribution in [0.3, 0.4) is 0 Å². The van der Waals surface area contributed by atoms with E-state index in [0.29, 0.717) is 0 Å². The summed E-state index contributed by atoms with van der Waals surface area (Å²) < 4.78 is 6.68. The number of anilines is 3. The summed E-state index contributed by atoms with van der Waals surface area (Å²) in [5.41, 5.74) is 20.4. The van der Waals surface area contributed by atoms with Crippen LogP contribution in [0.2, 0.25) is 0 Å². The fraction of sp³-hybridized carbons (Fsp3) is 0.0164. The van der Waals surface area contributed by atoms with Crippen molar-refractivity contribution in [2.24, 2.45) is 0 Å². The molecule has 0 unspecified atom stereocenters. The van der Waals surface area contributed by atoms with Crippen LogP contribution in [0.15, 0.2) is 229 Å². The average Bonchev–Trinajstić information content (AvgIpc) is 4.06. The van der Waals surface area contributed by atoms with Crippen molar-refractivity contribution in [2.45, 2.75) is 5.41 Å². The molecule has 296 valence electrons. The van der Waals surface area contributed by atoms with Gasteiger partial charge in [-0.3, -0.25) is 0 Å². The maximum atomic E-state index is 6.68. The Morgan fingerprint density at radius 1 is 0.328 bits per heavy atom. The molecule has 0 radical (unpaired) electrons. The number of hydrogen-bond donors (Lipinski definition) is 0. The quantitative estimate of drug-likeness (QED) is 0.161. The van der Waals surface area contributed by atoms with Gasteiger partial charge >= 0.3 is 0 Å². The summed E-state index contributed by atoms with van der Waals surface area (Å²) in [5, 5.41) is 8.27. The summed E-state index contributed by atoms with van der Waals surface area (Å²) in [5.74, 6) is 0. The first-order valence-corrected chi connectivity index (χ1v) is 24.3. The maximum absolute atomic E-state index is 6.68. The number of fused-ring (bicyclic) bond motifs is 22. The lowest BCUT2D eigenvalue weighted by Crippen LogP contribution is -2.70. The van der Waals surface area contributed by atoms with Crippen LogP contribution in [0.1, 0.15) is 22.3 Å². The summed E-state index contributed by atoms with van der Waals surface area (Å²) in [4.78, 5) is 2.48. The predicted molar refractivity (Wildman–Crippen MR) is 266 cm³/mol. The third-order valence-corrected chi connectivity index (χ3v) is 20.1. The largest absolute Gasteiger partial charge is 0.456 e. The van der Waals surface area contributed by atoms with E-state index in [-0.39, 0.29) is 0 Å². The van der Waals surface area contributed by atoms with Gasteiger partial charge in [-0.1, -0.05) is 188 Å². The number of para-hydroxylation sites is 2. The van der Waals surface area contributed by atoms with Crippen LogP contribution in [0, 0.1) is 0 Å². The molecule has 0 amide bonds. The lowest BCUT2D eigenvalue weighted by atomic mass is 9.64. The van der Waals surface area contributed by atoms with Crippen molar-refractivity contribution >= 4 is 67.8 Å². The Balaban J connectivity index is 0.935. The number of rotatable bonds is 2. The molecule has 2 nitrogen and oxygen atoms in total. The zero-order chi connectivity index (χ0) is 41.7. The Kier molecular flexibility index (Phi) is 6.67. The van der Waals surface area contributed by atoms with Crippen molar-refractivity contribution in [3.63, 3.8) is 0 Å². The molecule has 1 aliphatic carbocycles. The van der Waals surface area contributed by atoms with Gasteiger partial charge in [0.15, 0.2) is 8.07 Å². The molecule has 64 heavy (non-hydrogen) atoms. The van der Waals surface area contributed by atoms with Crippen LogP contribution < -0.4 is 25.6 Å². The molecule has 11 aromatic rings. The smallest absolute Gasteiger partial charge is 0.182 e. The van der Waals surface area contributed by atoms with E-state index < -0.39 is 13.5 Å². The number of hydrogen-bond acceptors (Lipinski definition) is 2. The summed E-state index contributed by atoms with van der Waals surface area (Å²) in [6.07, 6.45) is 0. The fourth-order valence-electron chi connectivity index (χ4n) is 12.7. The second-order valence-electron chi connectivity index (χ2n) is 17.9. The van der Waals surface area contributed by atoms with E-state index >= 15 is 0 Å². The molecule has 4 aliphatic rings. The van der Waals surface area contributed by atoms with Gasteiger partial charge in [-0.15, -0.1) is 0 Å². The van der Waals surface area contributed by atoms with E-state index in [4.69, 9.17) is 4.42 Å². The molecule has 10 aromatic carbocycles. The van der Waals surface area contributed by atoms with Gasteiger partial charge in [-0.2, -0.15) is 0 Å². The fourth-order valence-corrected chi connectivity index (χ4v) is 18.3. The van der Waals surface area contributed by atoms with E-state index in [1.165, 1.54) is 93.2 Å². The van der Waals surface area contributed by atoms with E-state index in [1.807, 2.05) is 0 Å². The first-order valence-electron chi connectivity index (χ1n) is 22.3. The van der Waals surface area contributed by atoms with Gasteiger partial charge in [-0.25, -0.2) is 0 Å². The zero-order valence-electron chi connectivity index (χ0n) is 34.7. The van der Waals surface area contributed by atoms with Gasteiger partial charge in [0.05, 0.1) is 16.8 Å². The Bertz CT molecular complexity index is 3710. The van der Waals surface area contributed by atoms with Crippen LogP contribution in [-0.2, 0) is 5.41 Å². The zero-order valence-corrected chi connectivity index (χ0v) is 35.7. The molecule has 0 bridgehead atoms. The van der Waals surface area contributed by atoms with Crippen LogP contribution in [0.5, 0.6) is 0 Å². The standard InChI is InChI=1S/C61H37NOSi/c1-7-21-49-41(15-1)42-16-2-8-22-50(42)61(49)51-23-9-10-24-53(51)62(54-37-56-48(36-52(54)61)43-17-3-11-25-55(43)63-56)40-32-29-38(30-33-40)39-31-34-47-46-20-6-14-28-59(46)64(60(47)35-39)57-26-12-4-18-44(57)45-19-5-13-27-58(45)64/h1-37H. The normalized spacial score (nSPS) is 14.8. The summed E-state index contributed by atoms with van der Waals surface area (Å²) in [6, 6.07) is 84.5. The Labute approximate surface area is 372 Å². The van der Waals surface area contributed by atoms with Gasteiger partial charge in [-0.05, 0) is 118 Å². The van der Waals surface area contributed by atoms with Gasteiger partial charge in [0.25, 0.3) is 0 Å². The highest BCUT2D eigenvalue weighted by Gasteiger charge is 2.54. The molecule has 3 heteroatoms. The molecular formula is C61H37NOSi. The second-order valence-corrected chi connectivity index (χ2v) is 21.5. The van der Waals surface area contributed by atoms with Crippen molar-refractivity contribution in [3.8, 4) is 44.5 Å². The monoisotopic (exact) mass is 827 g/mol. The van der Waals surface area contributed by atoms with E-state index in [1.54, 1.807) is 0 Å². The highest BCUT2D eigenvalue weighted by Crippen LogP contribution is 2.64. The van der Waals surface area contributed by atoms with E-state index in [9.17, 15) is 0 Å². The highest BCUT2D eigenvalue weighted by molar-refractivity contribution is 7.24. The third-order valence-electron chi connectivity index (χ3n) is 15.1. The Hall–Kier alpha value is -7.98. The molecular weight excluding hydrogens is 791 g/mol. The molecule has 0 atom stereocenters. The first kappa shape index (κ1) is 34.6. The van der Waals surface area contributed by atoms with Crippen molar-refractivity contribution in [1.29, 1.82) is 0 Å². The lowest BCUT2D eigenvalue weighted by molar-refractivity contribution is 0.667. The summed E-state index contributed by atoms with van der Waals surface area (Å²) in [6.45, 7) is 0. The minimum atomic E-state index is -2.55. The summed E-state index contributed by atoms with van der Waals surface area (Å²) in [7, 11) is -2.55. The van der Waals surface area contributed by atoms with Crippen molar-refractivity contribution in [2.75, 3.05) is 4.90 Å². The Morgan fingerprint density at radius 3 is 1.50 bits per heavy atom. The summed E-state index contributed by atoms with van der Waals surface area (Å²) >= 11 is 0. The number of nitrogens with zero attached hydrogens (tertiary/aromatic N) is 1. The molecule has 15 rings (SSSR count). The molecule has 3 aliphatic heterocycles.